The van der Waals surface area contributed by atoms with E-state index in [4.69, 9.17) is 14.7 Å². The van der Waals surface area contributed by atoms with Gasteiger partial charge in [0.2, 0.25) is 0 Å². The molecule has 5 rings (SSSR count). The summed E-state index contributed by atoms with van der Waals surface area (Å²) in [6, 6.07) is 9.71. The van der Waals surface area contributed by atoms with Gasteiger partial charge in [0.25, 0.3) is 5.91 Å². The van der Waals surface area contributed by atoms with Crippen molar-refractivity contribution < 1.29 is 9.53 Å². The number of carbonyl (C=O) groups excluding carboxylic acids is 1. The third-order valence-electron chi connectivity index (χ3n) is 6.17. The van der Waals surface area contributed by atoms with Gasteiger partial charge in [-0.05, 0) is 56.0 Å². The molecule has 162 valence electrons. The van der Waals surface area contributed by atoms with Crippen LogP contribution in [-0.4, -0.2) is 45.5 Å². The minimum Gasteiger partial charge on any atom is -0.492 e. The molecule has 1 aromatic carbocycles. The molecule has 1 aliphatic heterocycles. The maximum Gasteiger partial charge on any atom is 0.256 e. The monoisotopic (exact) mass is 482 g/mol. The molecule has 7 heteroatoms. The van der Waals surface area contributed by atoms with E-state index in [0.717, 1.165) is 71.6 Å². The minimum absolute atomic E-state index is 0.0121. The molecule has 6 nitrogen and oxygen atoms in total. The van der Waals surface area contributed by atoms with Crippen LogP contribution in [0, 0.1) is 0 Å². The van der Waals surface area contributed by atoms with Crippen LogP contribution in [0.5, 0.6) is 5.75 Å². The Balaban J connectivity index is 1.38. The molecule has 0 bridgehead atoms. The van der Waals surface area contributed by atoms with E-state index in [-0.39, 0.29) is 5.91 Å². The molecule has 2 aliphatic rings. The second kappa shape index (κ2) is 8.61. The summed E-state index contributed by atoms with van der Waals surface area (Å²) in [5.41, 5.74) is 3.37. The van der Waals surface area contributed by atoms with Crippen molar-refractivity contribution in [1.29, 1.82) is 0 Å². The fourth-order valence-electron chi connectivity index (χ4n) is 4.20. The van der Waals surface area contributed by atoms with Crippen molar-refractivity contribution in [3.63, 3.8) is 0 Å². The third-order valence-corrected chi connectivity index (χ3v) is 6.69. The number of pyridine rings is 1. The number of benzene rings is 1. The number of imidazole rings is 1. The maximum atomic E-state index is 13.4. The van der Waals surface area contributed by atoms with Crippen molar-refractivity contribution >= 4 is 33.0 Å². The number of aryl methyl sites for hydroxylation is 2. The first-order valence-corrected chi connectivity index (χ1v) is 11.9. The van der Waals surface area contributed by atoms with Crippen LogP contribution in [0.3, 0.4) is 0 Å². The standard InChI is InChI=1S/C24H27BrN4O2/c1-28(13-14-31-18-10-8-17(25)9-11-18)24(30)19-15-20(16-6-7-16)26-23-22(19)27-21-5-3-2-4-12-29(21)23/h8-11,15-16H,2-7,12-14H2,1H3. The van der Waals surface area contributed by atoms with Crippen molar-refractivity contribution in [3.8, 4) is 5.75 Å². The molecule has 1 aliphatic carbocycles. The van der Waals surface area contributed by atoms with E-state index in [1.807, 2.05) is 37.4 Å². The highest BCUT2D eigenvalue weighted by Crippen LogP contribution is 2.40. The summed E-state index contributed by atoms with van der Waals surface area (Å²) >= 11 is 3.43. The molecule has 2 aromatic heterocycles. The smallest absolute Gasteiger partial charge is 0.256 e. The van der Waals surface area contributed by atoms with Gasteiger partial charge in [0, 0.05) is 36.1 Å². The molecule has 0 N–H and O–H groups in total. The summed E-state index contributed by atoms with van der Waals surface area (Å²) in [4.78, 5) is 25.0. The fraction of sp³-hybridized carbons (Fsp3) is 0.458. The molecule has 0 spiro atoms. The van der Waals surface area contributed by atoms with Crippen LogP contribution in [0.25, 0.3) is 11.2 Å². The van der Waals surface area contributed by atoms with Gasteiger partial charge < -0.3 is 14.2 Å². The molecular weight excluding hydrogens is 456 g/mol. The second-order valence-corrected chi connectivity index (χ2v) is 9.48. The van der Waals surface area contributed by atoms with Crippen LogP contribution in [-0.2, 0) is 13.0 Å². The van der Waals surface area contributed by atoms with Gasteiger partial charge in [0.15, 0.2) is 5.65 Å². The van der Waals surface area contributed by atoms with Gasteiger partial charge >= 0.3 is 0 Å². The number of amides is 1. The Bertz CT molecular complexity index is 1100. The Morgan fingerprint density at radius 2 is 2.00 bits per heavy atom. The lowest BCUT2D eigenvalue weighted by molar-refractivity contribution is 0.0775. The van der Waals surface area contributed by atoms with Crippen molar-refractivity contribution in [1.82, 2.24) is 19.4 Å². The lowest BCUT2D eigenvalue weighted by Gasteiger charge is -2.18. The first-order valence-electron chi connectivity index (χ1n) is 11.1. The summed E-state index contributed by atoms with van der Waals surface area (Å²) in [7, 11) is 1.83. The number of hydrogen-bond donors (Lipinski definition) is 0. The number of hydrogen-bond acceptors (Lipinski definition) is 4. The number of carbonyl (C=O) groups is 1. The number of fused-ring (bicyclic) bond motifs is 3. The molecule has 0 atom stereocenters. The Hall–Kier alpha value is -2.41. The predicted molar refractivity (Wildman–Crippen MR) is 124 cm³/mol. The summed E-state index contributed by atoms with van der Waals surface area (Å²) in [6.45, 7) is 1.88. The fourth-order valence-corrected chi connectivity index (χ4v) is 4.46. The van der Waals surface area contributed by atoms with E-state index < -0.39 is 0 Å². The van der Waals surface area contributed by atoms with E-state index in [1.54, 1.807) is 4.90 Å². The Labute approximate surface area is 190 Å². The van der Waals surface area contributed by atoms with E-state index in [0.29, 0.717) is 24.6 Å². The van der Waals surface area contributed by atoms with Crippen molar-refractivity contribution in [2.75, 3.05) is 20.2 Å². The summed E-state index contributed by atoms with van der Waals surface area (Å²) in [6.07, 6.45) is 6.79. The molecule has 1 fully saturated rings. The number of aromatic nitrogens is 3. The van der Waals surface area contributed by atoms with Crippen molar-refractivity contribution in [2.24, 2.45) is 0 Å². The highest BCUT2D eigenvalue weighted by atomic mass is 79.9. The highest BCUT2D eigenvalue weighted by Gasteiger charge is 2.30. The molecular formula is C24H27BrN4O2. The molecule has 3 aromatic rings. The zero-order chi connectivity index (χ0) is 21.4. The molecule has 0 saturated heterocycles. The van der Waals surface area contributed by atoms with Crippen molar-refractivity contribution in [2.45, 2.75) is 51.0 Å². The third kappa shape index (κ3) is 4.33. The van der Waals surface area contributed by atoms with Crippen LogP contribution in [0.1, 0.15) is 59.9 Å². The average molecular weight is 483 g/mol. The van der Waals surface area contributed by atoms with E-state index in [2.05, 4.69) is 20.5 Å². The quantitative estimate of drug-likeness (QED) is 0.498. The Morgan fingerprint density at radius 3 is 2.77 bits per heavy atom. The number of ether oxygens (including phenoxy) is 1. The first kappa shape index (κ1) is 20.5. The Kier molecular flexibility index (Phi) is 5.69. The van der Waals surface area contributed by atoms with Gasteiger partial charge in [0.1, 0.15) is 23.7 Å². The molecule has 1 saturated carbocycles. The SMILES string of the molecule is CN(CCOc1ccc(Br)cc1)C(=O)c1cc(C2CC2)nc2c1nc1n2CCCCC1. The zero-order valence-electron chi connectivity index (χ0n) is 17.8. The minimum atomic E-state index is -0.0121. The van der Waals surface area contributed by atoms with Crippen LogP contribution in [0.15, 0.2) is 34.8 Å². The highest BCUT2D eigenvalue weighted by molar-refractivity contribution is 9.10. The summed E-state index contributed by atoms with van der Waals surface area (Å²) in [5, 5.41) is 0. The first-order chi connectivity index (χ1) is 15.1. The summed E-state index contributed by atoms with van der Waals surface area (Å²) < 4.78 is 9.07. The van der Waals surface area contributed by atoms with Crippen LogP contribution < -0.4 is 4.74 Å². The zero-order valence-corrected chi connectivity index (χ0v) is 19.4. The van der Waals surface area contributed by atoms with Crippen LogP contribution in [0.4, 0.5) is 0 Å². The molecule has 31 heavy (non-hydrogen) atoms. The molecule has 3 heterocycles. The van der Waals surface area contributed by atoms with Gasteiger partial charge in [-0.25, -0.2) is 9.97 Å². The maximum absolute atomic E-state index is 13.4. The van der Waals surface area contributed by atoms with Gasteiger partial charge in [0.05, 0.1) is 12.1 Å². The second-order valence-electron chi connectivity index (χ2n) is 8.56. The van der Waals surface area contributed by atoms with Gasteiger partial charge in [-0.1, -0.05) is 22.4 Å². The van der Waals surface area contributed by atoms with E-state index in [9.17, 15) is 4.79 Å². The normalized spacial score (nSPS) is 16.1. The lowest BCUT2D eigenvalue weighted by Crippen LogP contribution is -2.31. The van der Waals surface area contributed by atoms with Crippen LogP contribution >= 0.6 is 15.9 Å². The van der Waals surface area contributed by atoms with E-state index >= 15 is 0 Å². The molecule has 0 radical (unpaired) electrons. The van der Waals surface area contributed by atoms with Crippen LogP contribution in [0.2, 0.25) is 0 Å². The molecule has 0 unspecified atom stereocenters. The van der Waals surface area contributed by atoms with Crippen molar-refractivity contribution in [3.05, 3.63) is 51.9 Å². The lowest BCUT2D eigenvalue weighted by atomic mass is 10.1. The number of likely N-dealkylation sites (N-methyl/N-ethyl adjacent to an activating group) is 1. The number of rotatable bonds is 6. The van der Waals surface area contributed by atoms with Gasteiger partial charge in [-0.2, -0.15) is 0 Å². The Morgan fingerprint density at radius 1 is 1.19 bits per heavy atom. The van der Waals surface area contributed by atoms with Gasteiger partial charge in [-0.3, -0.25) is 4.79 Å². The number of halogens is 1. The van der Waals surface area contributed by atoms with Gasteiger partial charge in [-0.15, -0.1) is 0 Å². The topological polar surface area (TPSA) is 60.2 Å². The average Bonchev–Trinajstić information content (AvgIpc) is 3.59. The number of nitrogens with zero attached hydrogens (tertiary/aromatic N) is 4. The summed E-state index contributed by atoms with van der Waals surface area (Å²) in [5.74, 6) is 2.34. The predicted octanol–water partition coefficient (Wildman–Crippen LogP) is 4.95. The largest absolute Gasteiger partial charge is 0.492 e. The molecule has 1 amide bonds. The van der Waals surface area contributed by atoms with E-state index in [1.165, 1.54) is 6.42 Å².